The van der Waals surface area contributed by atoms with Gasteiger partial charge in [0.05, 0.1) is 43.7 Å². The Hall–Kier alpha value is -6.63. The molecule has 10 aromatic rings. The van der Waals surface area contributed by atoms with Crippen LogP contribution in [0.25, 0.3) is 55.8 Å². The van der Waals surface area contributed by atoms with Crippen molar-refractivity contribution in [3.63, 3.8) is 0 Å². The summed E-state index contributed by atoms with van der Waals surface area (Å²) in [4.78, 5) is 0. The maximum atomic E-state index is 8.99. The predicted octanol–water partition coefficient (Wildman–Crippen LogP) is 11.6. The standard InChI is InChI=1S/C55H37N2OP.Pt/c1-5-20-41(21-6-1)50-33-19-34-51(42-22-7-2-8-23-42)55(50)57-40-56(52-35-14-15-36-53(52)57)44-25-18-27-46(39-44)58-45-26-17-24-43(38-45)49-32-13-16-37-54(49)59(47-28-9-3-10-29-47)48-30-11-4-12-31-48;/h1-37H;/q-2;/p+1/i1D,2D,5D,6D,7D,8D,20D,21D,22D,23D;. The van der Waals surface area contributed by atoms with E-state index in [1.807, 2.05) is 72.8 Å². The molecule has 3 nitrogen and oxygen atoms in total. The van der Waals surface area contributed by atoms with Crippen molar-refractivity contribution in [2.24, 2.45) is 0 Å². The molecule has 1 heterocycles. The first kappa shape index (κ1) is 28.7. The maximum absolute atomic E-state index is 8.99. The number of aromatic nitrogens is 2. The average Bonchev–Trinajstić information content (AvgIpc) is 3.77. The molecule has 290 valence electrons. The van der Waals surface area contributed by atoms with Crippen LogP contribution in [-0.4, -0.2) is 4.57 Å². The van der Waals surface area contributed by atoms with Gasteiger partial charge in [-0.3, -0.25) is 4.57 Å². The zero-order valence-corrected chi connectivity index (χ0v) is 35.0. The molecule has 0 N–H and O–H groups in total. The number of benzene rings is 9. The van der Waals surface area contributed by atoms with Gasteiger partial charge in [0.15, 0.2) is 0 Å². The molecule has 0 atom stereocenters. The molecule has 0 unspecified atom stereocenters. The van der Waals surface area contributed by atoms with E-state index in [1.54, 1.807) is 33.4 Å². The summed E-state index contributed by atoms with van der Waals surface area (Å²) < 4.78 is 96.7. The van der Waals surface area contributed by atoms with Crippen LogP contribution >= 0.6 is 7.92 Å². The van der Waals surface area contributed by atoms with Gasteiger partial charge in [-0.15, -0.1) is 35.9 Å². The van der Waals surface area contributed by atoms with Gasteiger partial charge < -0.3 is 9.30 Å². The van der Waals surface area contributed by atoms with Gasteiger partial charge >= 0.3 is 0 Å². The molecule has 0 bridgehead atoms. The topological polar surface area (TPSA) is 18.0 Å². The largest absolute Gasteiger partial charge is 0.503 e. The summed E-state index contributed by atoms with van der Waals surface area (Å²) in [5.74, 6) is 0.848. The fourth-order valence-corrected chi connectivity index (χ4v) is 10.2. The van der Waals surface area contributed by atoms with E-state index in [1.165, 1.54) is 15.9 Å². The third-order valence-electron chi connectivity index (χ3n) is 9.96. The molecule has 0 aliphatic heterocycles. The van der Waals surface area contributed by atoms with Crippen molar-refractivity contribution in [1.82, 2.24) is 4.57 Å². The minimum atomic E-state index is -1.41. The Bertz CT molecular complexity index is 3450. The number of fused-ring (bicyclic) bond motifs is 1. The molecule has 1 aromatic heterocycles. The zero-order chi connectivity index (χ0) is 48.1. The number of hydrogen-bond donors (Lipinski definition) is 0. The zero-order valence-electron chi connectivity index (χ0n) is 41.7. The van der Waals surface area contributed by atoms with E-state index < -0.39 is 68.3 Å². The second kappa shape index (κ2) is 17.7. The molecular weight excluding hydrogens is 931 g/mol. The van der Waals surface area contributed by atoms with Gasteiger partial charge in [0, 0.05) is 32.6 Å². The number of imidazole rings is 1. The van der Waals surface area contributed by atoms with Gasteiger partial charge in [0.2, 0.25) is 0 Å². The molecule has 60 heavy (non-hydrogen) atoms. The Morgan fingerprint density at radius 1 is 0.500 bits per heavy atom. The van der Waals surface area contributed by atoms with E-state index in [0.29, 0.717) is 28.2 Å². The molecule has 9 aromatic carbocycles. The molecule has 0 saturated carbocycles. The van der Waals surface area contributed by atoms with E-state index >= 15 is 0 Å². The van der Waals surface area contributed by atoms with Gasteiger partial charge in [-0.2, -0.15) is 12.1 Å². The summed E-state index contributed by atoms with van der Waals surface area (Å²) in [6.45, 7) is 0. The van der Waals surface area contributed by atoms with E-state index in [4.69, 9.17) is 18.4 Å². The average molecular weight is 979 g/mol. The van der Waals surface area contributed by atoms with Crippen LogP contribution in [0.5, 0.6) is 11.5 Å². The van der Waals surface area contributed by atoms with Crippen molar-refractivity contribution in [2.75, 3.05) is 0 Å². The van der Waals surface area contributed by atoms with Crippen LogP contribution < -0.4 is 25.2 Å². The molecule has 10 rings (SSSR count). The Morgan fingerprint density at radius 3 is 1.70 bits per heavy atom. The summed E-state index contributed by atoms with van der Waals surface area (Å²) >= 11 is 0. The number of rotatable bonds is 10. The SMILES string of the molecule is [2H]c1c([2H])c([2H])c(-c2cccc(-c3c([2H])c([2H])c([2H])c([2H])c3[2H])c2-[n+]2[c-]n(-c3[c-]c(Oc4[c-]c(-c5ccccc5[PH+](c5ccccc5)c5ccccc5)ccc4)ccc3)c3ccccc32)c([2H])c1[2H].[Pt]. The normalized spacial score (nSPS) is 13.3. The van der Waals surface area contributed by atoms with E-state index in [-0.39, 0.29) is 49.0 Å². The van der Waals surface area contributed by atoms with Crippen molar-refractivity contribution in [1.29, 1.82) is 0 Å². The molecule has 0 spiro atoms. The minimum absolute atomic E-state index is 0. The molecule has 0 amide bonds. The monoisotopic (exact) mass is 978 g/mol. The van der Waals surface area contributed by atoms with Gasteiger partial charge in [0.25, 0.3) is 6.33 Å². The maximum Gasteiger partial charge on any atom is 0.268 e. The van der Waals surface area contributed by atoms with Crippen molar-refractivity contribution < 1.29 is 44.1 Å². The van der Waals surface area contributed by atoms with E-state index in [2.05, 4.69) is 85.2 Å². The molecule has 0 aliphatic rings. The number of para-hydroxylation sites is 3. The fraction of sp³-hybridized carbons (Fsp3) is 0. The van der Waals surface area contributed by atoms with Crippen LogP contribution in [0.1, 0.15) is 13.7 Å². The van der Waals surface area contributed by atoms with Crippen LogP contribution in [0, 0.1) is 18.5 Å². The molecule has 0 saturated heterocycles. The van der Waals surface area contributed by atoms with Gasteiger partial charge in [-0.05, 0) is 58.3 Å². The van der Waals surface area contributed by atoms with Crippen LogP contribution in [0.15, 0.2) is 224 Å². The fourth-order valence-electron chi connectivity index (χ4n) is 7.39. The second-order valence-corrected chi connectivity index (χ2v) is 16.0. The van der Waals surface area contributed by atoms with Gasteiger partial charge in [0.1, 0.15) is 10.6 Å². The van der Waals surface area contributed by atoms with Crippen molar-refractivity contribution in [2.45, 2.75) is 0 Å². The summed E-state index contributed by atoms with van der Waals surface area (Å²) in [5, 5.41) is 3.74. The van der Waals surface area contributed by atoms with E-state index in [9.17, 15) is 0 Å². The Morgan fingerprint density at radius 2 is 1.03 bits per heavy atom. The number of ether oxygens (including phenoxy) is 1. The van der Waals surface area contributed by atoms with Crippen molar-refractivity contribution in [3.8, 4) is 56.3 Å². The van der Waals surface area contributed by atoms with Gasteiger partial charge in [-0.25, -0.2) is 0 Å². The van der Waals surface area contributed by atoms with Crippen LogP contribution in [0.4, 0.5) is 0 Å². The first-order valence-electron chi connectivity index (χ1n) is 24.0. The minimum Gasteiger partial charge on any atom is -0.503 e. The molecule has 0 radical (unpaired) electrons. The molecular formula is C55H38N2OPPt-. The summed E-state index contributed by atoms with van der Waals surface area (Å²) in [6.07, 6.45) is 3.40. The number of hydrogen-bond acceptors (Lipinski definition) is 1. The quantitative estimate of drug-likeness (QED) is 0.0759. The second-order valence-electron chi connectivity index (χ2n) is 13.5. The third kappa shape index (κ3) is 7.79. The summed E-state index contributed by atoms with van der Waals surface area (Å²) in [6, 6.07) is 54.6. The Kier molecular flexibility index (Phi) is 8.47. The van der Waals surface area contributed by atoms with Crippen molar-refractivity contribution >= 4 is 34.9 Å². The molecule has 0 aliphatic carbocycles. The summed E-state index contributed by atoms with van der Waals surface area (Å²) in [5.41, 5.74) is 3.79. The third-order valence-corrected chi connectivity index (χ3v) is 12.8. The first-order chi connectivity index (χ1) is 33.4. The van der Waals surface area contributed by atoms with E-state index in [0.717, 1.165) is 11.1 Å². The van der Waals surface area contributed by atoms with Crippen molar-refractivity contribution in [3.05, 3.63) is 243 Å². The van der Waals surface area contributed by atoms with Crippen LogP contribution in [0.2, 0.25) is 0 Å². The molecule has 5 heteroatoms. The van der Waals surface area contributed by atoms with Crippen LogP contribution in [-0.2, 0) is 21.1 Å². The van der Waals surface area contributed by atoms with Crippen LogP contribution in [0.3, 0.4) is 0 Å². The number of nitrogens with zero attached hydrogens (tertiary/aromatic N) is 2. The Balaban J connectivity index is 0.00000608. The predicted molar refractivity (Wildman–Crippen MR) is 244 cm³/mol. The summed E-state index contributed by atoms with van der Waals surface area (Å²) in [7, 11) is -1.41. The Labute approximate surface area is 380 Å². The smallest absolute Gasteiger partial charge is 0.268 e. The van der Waals surface area contributed by atoms with Gasteiger partial charge in [-0.1, -0.05) is 169 Å². The molecule has 0 fully saturated rings. The first-order valence-corrected chi connectivity index (χ1v) is 20.5.